The highest BCUT2D eigenvalue weighted by molar-refractivity contribution is 5.76. The fourth-order valence-corrected chi connectivity index (χ4v) is 4.99. The fourth-order valence-electron chi connectivity index (χ4n) is 4.99. The van der Waals surface area contributed by atoms with Gasteiger partial charge < -0.3 is 11.1 Å². The second-order valence-electron chi connectivity index (χ2n) is 8.96. The molecular formula is C22H37N5O. The molecule has 3 N–H and O–H groups in total. The van der Waals surface area contributed by atoms with E-state index in [0.29, 0.717) is 18.8 Å². The Hall–Kier alpha value is -1.69. The smallest absolute Gasteiger partial charge is 0.220 e. The van der Waals surface area contributed by atoms with Gasteiger partial charge in [0, 0.05) is 29.9 Å². The molecular weight excluding hydrogens is 350 g/mol. The van der Waals surface area contributed by atoms with Gasteiger partial charge in [0.15, 0.2) is 0 Å². The number of nitrogens with two attached hydrogens (primary N) is 1. The quantitative estimate of drug-likeness (QED) is 0.783. The molecule has 1 aliphatic carbocycles. The highest BCUT2D eigenvalue weighted by atomic mass is 16.1. The highest BCUT2D eigenvalue weighted by Crippen LogP contribution is 2.37. The van der Waals surface area contributed by atoms with Gasteiger partial charge in [0.2, 0.25) is 11.9 Å². The maximum Gasteiger partial charge on any atom is 0.220 e. The van der Waals surface area contributed by atoms with Gasteiger partial charge in [-0.3, -0.25) is 9.69 Å². The number of likely N-dealkylation sites (tertiary alicyclic amines) is 1. The summed E-state index contributed by atoms with van der Waals surface area (Å²) in [6.45, 7) is 9.39. The van der Waals surface area contributed by atoms with Crippen molar-refractivity contribution in [2.45, 2.75) is 84.1 Å². The van der Waals surface area contributed by atoms with Crippen molar-refractivity contribution >= 4 is 11.9 Å². The molecule has 2 fully saturated rings. The molecule has 0 radical (unpaired) electrons. The summed E-state index contributed by atoms with van der Waals surface area (Å²) < 4.78 is 0. The first-order valence-electron chi connectivity index (χ1n) is 11.0. The molecule has 1 saturated heterocycles. The van der Waals surface area contributed by atoms with E-state index in [1.807, 2.05) is 13.8 Å². The second-order valence-corrected chi connectivity index (χ2v) is 8.96. The molecule has 0 atom stereocenters. The number of hydrogen-bond acceptors (Lipinski definition) is 5. The highest BCUT2D eigenvalue weighted by Gasteiger charge is 2.40. The van der Waals surface area contributed by atoms with Crippen LogP contribution in [0.1, 0.15) is 75.2 Å². The maximum atomic E-state index is 12.6. The Morgan fingerprint density at radius 3 is 2.36 bits per heavy atom. The van der Waals surface area contributed by atoms with E-state index >= 15 is 0 Å². The van der Waals surface area contributed by atoms with Gasteiger partial charge in [-0.25, -0.2) is 9.97 Å². The number of amides is 1. The van der Waals surface area contributed by atoms with Gasteiger partial charge >= 0.3 is 0 Å². The average Bonchev–Trinajstić information content (AvgIpc) is 2.68. The zero-order valence-corrected chi connectivity index (χ0v) is 17.9. The number of nitrogens with one attached hydrogen (secondary N) is 1. The third-order valence-electron chi connectivity index (χ3n) is 6.89. The fraction of sp³-hybridized carbons (Fsp3) is 0.773. The zero-order chi connectivity index (χ0) is 20.1. The van der Waals surface area contributed by atoms with Gasteiger partial charge in [-0.1, -0.05) is 13.3 Å². The summed E-state index contributed by atoms with van der Waals surface area (Å²) >= 11 is 0. The third kappa shape index (κ3) is 5.02. The summed E-state index contributed by atoms with van der Waals surface area (Å²) in [4.78, 5) is 23.8. The molecule has 0 unspecified atom stereocenters. The van der Waals surface area contributed by atoms with E-state index in [2.05, 4.69) is 27.1 Å². The van der Waals surface area contributed by atoms with Gasteiger partial charge in [-0.15, -0.1) is 0 Å². The van der Waals surface area contributed by atoms with Gasteiger partial charge in [-0.05, 0) is 83.4 Å². The summed E-state index contributed by atoms with van der Waals surface area (Å²) in [5.74, 6) is 1.24. The standard InChI is InChI=1S/C22H37N5O/c1-16-9-11-22(12-10-16,27-13-5-4-6-14-27)15-24-20(28)8-7-19-17(2)25-21(23)26-18(19)3/h16H,4-15H2,1-3H3,(H,24,28)(H2,23,25,26). The summed E-state index contributed by atoms with van der Waals surface area (Å²) in [5, 5.41) is 3.28. The monoisotopic (exact) mass is 387 g/mol. The number of hydrogen-bond donors (Lipinski definition) is 2. The Balaban J connectivity index is 1.58. The maximum absolute atomic E-state index is 12.6. The number of piperidine rings is 1. The van der Waals surface area contributed by atoms with Crippen molar-refractivity contribution in [3.05, 3.63) is 17.0 Å². The lowest BCUT2D eigenvalue weighted by molar-refractivity contribution is -0.122. The zero-order valence-electron chi connectivity index (χ0n) is 17.9. The van der Waals surface area contributed by atoms with Crippen LogP contribution in [0.5, 0.6) is 0 Å². The SMILES string of the molecule is Cc1nc(N)nc(C)c1CCC(=O)NCC1(N2CCCCC2)CCC(C)CC1. The van der Waals surface area contributed by atoms with E-state index in [1.54, 1.807) is 0 Å². The summed E-state index contributed by atoms with van der Waals surface area (Å²) in [5.41, 5.74) is 8.67. The number of anilines is 1. The Labute approximate surface area is 169 Å². The van der Waals surface area contributed by atoms with Crippen molar-refractivity contribution < 1.29 is 4.79 Å². The van der Waals surface area contributed by atoms with E-state index in [4.69, 9.17) is 5.73 Å². The summed E-state index contributed by atoms with van der Waals surface area (Å²) in [6.07, 6.45) is 10.0. The minimum Gasteiger partial charge on any atom is -0.368 e. The first-order valence-corrected chi connectivity index (χ1v) is 11.0. The molecule has 0 spiro atoms. The van der Waals surface area contributed by atoms with Crippen LogP contribution in [0.15, 0.2) is 0 Å². The molecule has 0 bridgehead atoms. The first-order chi connectivity index (χ1) is 13.4. The lowest BCUT2D eigenvalue weighted by Crippen LogP contribution is -2.58. The minimum atomic E-state index is 0.130. The van der Waals surface area contributed by atoms with Crippen LogP contribution in [-0.4, -0.2) is 45.9 Å². The van der Waals surface area contributed by atoms with Crippen LogP contribution in [0.2, 0.25) is 0 Å². The number of nitrogen functional groups attached to an aromatic ring is 1. The van der Waals surface area contributed by atoms with Crippen molar-refractivity contribution in [2.75, 3.05) is 25.4 Å². The Morgan fingerprint density at radius 2 is 1.75 bits per heavy atom. The van der Waals surface area contributed by atoms with Gasteiger partial charge in [0.05, 0.1) is 0 Å². The van der Waals surface area contributed by atoms with Gasteiger partial charge in [0.25, 0.3) is 0 Å². The molecule has 1 saturated carbocycles. The molecule has 2 aliphatic rings. The van der Waals surface area contributed by atoms with Crippen LogP contribution >= 0.6 is 0 Å². The van der Waals surface area contributed by atoms with Crippen LogP contribution < -0.4 is 11.1 Å². The third-order valence-corrected chi connectivity index (χ3v) is 6.89. The molecule has 1 aromatic rings. The van der Waals surface area contributed by atoms with E-state index < -0.39 is 0 Å². The molecule has 3 rings (SSSR count). The summed E-state index contributed by atoms with van der Waals surface area (Å²) in [6, 6.07) is 0. The Kier molecular flexibility index (Phi) is 6.91. The summed E-state index contributed by atoms with van der Waals surface area (Å²) in [7, 11) is 0. The molecule has 28 heavy (non-hydrogen) atoms. The normalized spacial score (nSPS) is 26.2. The van der Waals surface area contributed by atoms with Crippen LogP contribution in [0.25, 0.3) is 0 Å². The largest absolute Gasteiger partial charge is 0.368 e. The molecule has 1 aliphatic heterocycles. The minimum absolute atomic E-state index is 0.130. The molecule has 1 amide bonds. The molecule has 2 heterocycles. The van der Waals surface area contributed by atoms with Crippen molar-refractivity contribution in [2.24, 2.45) is 5.92 Å². The van der Waals surface area contributed by atoms with Crippen molar-refractivity contribution in [1.29, 1.82) is 0 Å². The average molecular weight is 388 g/mol. The lowest BCUT2D eigenvalue weighted by Gasteiger charge is -2.49. The Bertz CT molecular complexity index is 652. The van der Waals surface area contributed by atoms with E-state index in [9.17, 15) is 4.79 Å². The molecule has 6 nitrogen and oxygen atoms in total. The van der Waals surface area contributed by atoms with Crippen molar-refractivity contribution in [3.63, 3.8) is 0 Å². The van der Waals surface area contributed by atoms with Crippen LogP contribution in [0.4, 0.5) is 5.95 Å². The van der Waals surface area contributed by atoms with E-state index in [-0.39, 0.29) is 11.4 Å². The topological polar surface area (TPSA) is 84.1 Å². The predicted molar refractivity (Wildman–Crippen MR) is 113 cm³/mol. The van der Waals surface area contributed by atoms with Gasteiger partial charge in [0.1, 0.15) is 0 Å². The number of nitrogens with zero attached hydrogens (tertiary/aromatic N) is 3. The van der Waals surface area contributed by atoms with Crippen LogP contribution in [0, 0.1) is 19.8 Å². The van der Waals surface area contributed by atoms with E-state index in [1.165, 1.54) is 58.0 Å². The molecule has 6 heteroatoms. The second kappa shape index (κ2) is 9.21. The predicted octanol–water partition coefficient (Wildman–Crippen LogP) is 3.16. The van der Waals surface area contributed by atoms with Crippen LogP contribution in [-0.2, 0) is 11.2 Å². The number of aromatic nitrogens is 2. The molecule has 0 aromatic carbocycles. The lowest BCUT2D eigenvalue weighted by atomic mass is 9.75. The molecule has 1 aromatic heterocycles. The van der Waals surface area contributed by atoms with Crippen molar-refractivity contribution in [1.82, 2.24) is 20.2 Å². The van der Waals surface area contributed by atoms with Gasteiger partial charge in [-0.2, -0.15) is 0 Å². The number of carbonyl (C=O) groups excluding carboxylic acids is 1. The van der Waals surface area contributed by atoms with E-state index in [0.717, 1.165) is 29.4 Å². The number of carbonyl (C=O) groups is 1. The number of rotatable bonds is 6. The Morgan fingerprint density at radius 1 is 1.14 bits per heavy atom. The first kappa shape index (κ1) is 21.0. The number of aryl methyl sites for hydroxylation is 2. The van der Waals surface area contributed by atoms with Crippen LogP contribution in [0.3, 0.4) is 0 Å². The molecule has 156 valence electrons. The van der Waals surface area contributed by atoms with Crippen molar-refractivity contribution in [3.8, 4) is 0 Å².